The minimum atomic E-state index is 0.260. The molecular formula is C16H28N2. The molecular weight excluding hydrogens is 220 g/mol. The number of hydrogen-bond acceptors (Lipinski definition) is 2. The largest absolute Gasteiger partial charge is 0.317 e. The van der Waals surface area contributed by atoms with Crippen LogP contribution in [0.25, 0.3) is 0 Å². The molecule has 0 bridgehead atoms. The third-order valence-electron chi connectivity index (χ3n) is 3.44. The third-order valence-corrected chi connectivity index (χ3v) is 3.44. The molecule has 18 heavy (non-hydrogen) atoms. The van der Waals surface area contributed by atoms with Gasteiger partial charge in [0.2, 0.25) is 0 Å². The van der Waals surface area contributed by atoms with Crippen molar-refractivity contribution >= 4 is 0 Å². The Morgan fingerprint density at radius 1 is 1.06 bits per heavy atom. The van der Waals surface area contributed by atoms with Crippen molar-refractivity contribution in [3.05, 3.63) is 35.9 Å². The molecule has 0 aliphatic carbocycles. The number of hydrogen-bond donors (Lipinski definition) is 1. The summed E-state index contributed by atoms with van der Waals surface area (Å²) in [6.45, 7) is 8.01. The van der Waals surface area contributed by atoms with E-state index >= 15 is 0 Å². The lowest BCUT2D eigenvalue weighted by molar-refractivity contribution is 0.388. The van der Waals surface area contributed by atoms with Crippen LogP contribution in [0, 0.1) is 0 Å². The van der Waals surface area contributed by atoms with E-state index in [0.717, 1.165) is 19.6 Å². The van der Waals surface area contributed by atoms with Gasteiger partial charge in [-0.25, -0.2) is 0 Å². The van der Waals surface area contributed by atoms with Gasteiger partial charge in [-0.3, -0.25) is 0 Å². The van der Waals surface area contributed by atoms with E-state index in [4.69, 9.17) is 0 Å². The summed E-state index contributed by atoms with van der Waals surface area (Å²) in [5.41, 5.74) is 1.69. The van der Waals surface area contributed by atoms with Gasteiger partial charge < -0.3 is 10.2 Å². The van der Waals surface area contributed by atoms with Gasteiger partial charge in [-0.2, -0.15) is 0 Å². The van der Waals surface area contributed by atoms with Crippen LogP contribution < -0.4 is 5.32 Å². The molecule has 1 rings (SSSR count). The molecule has 0 unspecified atom stereocenters. The van der Waals surface area contributed by atoms with Gasteiger partial charge in [0.05, 0.1) is 0 Å². The number of rotatable bonds is 8. The van der Waals surface area contributed by atoms with Crippen LogP contribution in [-0.4, -0.2) is 38.6 Å². The molecule has 1 aromatic carbocycles. The van der Waals surface area contributed by atoms with Crippen molar-refractivity contribution in [3.8, 4) is 0 Å². The molecule has 0 radical (unpaired) electrons. The van der Waals surface area contributed by atoms with E-state index in [1.807, 2.05) is 0 Å². The van der Waals surface area contributed by atoms with Crippen molar-refractivity contribution in [1.29, 1.82) is 0 Å². The van der Waals surface area contributed by atoms with Crippen LogP contribution in [-0.2, 0) is 5.41 Å². The predicted octanol–water partition coefficient (Wildman–Crippen LogP) is 2.90. The Hall–Kier alpha value is -0.860. The van der Waals surface area contributed by atoms with Crippen molar-refractivity contribution in [3.63, 3.8) is 0 Å². The molecule has 2 nitrogen and oxygen atoms in total. The van der Waals surface area contributed by atoms with Gasteiger partial charge in [0.25, 0.3) is 0 Å². The standard InChI is InChI=1S/C16H28N2/c1-16(2,15-9-6-5-7-10-15)11-13-17-12-8-14-18(3)4/h5-7,9-10,17H,8,11-14H2,1-4H3. The minimum Gasteiger partial charge on any atom is -0.317 e. The second-order valence-electron chi connectivity index (χ2n) is 5.91. The van der Waals surface area contributed by atoms with Crippen molar-refractivity contribution in [2.24, 2.45) is 0 Å². The second kappa shape index (κ2) is 7.55. The van der Waals surface area contributed by atoms with E-state index in [0.29, 0.717) is 0 Å². The lowest BCUT2D eigenvalue weighted by Gasteiger charge is -2.25. The van der Waals surface area contributed by atoms with E-state index in [-0.39, 0.29) is 5.41 Å². The fourth-order valence-corrected chi connectivity index (χ4v) is 2.08. The van der Waals surface area contributed by atoms with Crippen molar-refractivity contribution < 1.29 is 0 Å². The molecule has 102 valence electrons. The first-order valence-electron chi connectivity index (χ1n) is 6.93. The maximum absolute atomic E-state index is 3.54. The first kappa shape index (κ1) is 15.2. The monoisotopic (exact) mass is 248 g/mol. The van der Waals surface area contributed by atoms with Crippen LogP contribution in [0.1, 0.15) is 32.3 Å². The number of benzene rings is 1. The lowest BCUT2D eigenvalue weighted by atomic mass is 9.81. The summed E-state index contributed by atoms with van der Waals surface area (Å²) in [5.74, 6) is 0. The smallest absolute Gasteiger partial charge is 0.00127 e. The Morgan fingerprint density at radius 3 is 2.33 bits per heavy atom. The molecule has 0 aliphatic rings. The topological polar surface area (TPSA) is 15.3 Å². The zero-order valence-electron chi connectivity index (χ0n) is 12.4. The van der Waals surface area contributed by atoms with Gasteiger partial charge in [-0.1, -0.05) is 44.2 Å². The quantitative estimate of drug-likeness (QED) is 0.712. The first-order valence-corrected chi connectivity index (χ1v) is 6.93. The van der Waals surface area contributed by atoms with Crippen LogP contribution in [0.4, 0.5) is 0 Å². The number of nitrogens with zero attached hydrogens (tertiary/aromatic N) is 1. The Labute approximate surface area is 112 Å². The van der Waals surface area contributed by atoms with E-state index in [9.17, 15) is 0 Å². The van der Waals surface area contributed by atoms with Gasteiger partial charge in [0.1, 0.15) is 0 Å². The highest BCUT2D eigenvalue weighted by Crippen LogP contribution is 2.25. The summed E-state index contributed by atoms with van der Waals surface area (Å²) in [5, 5.41) is 3.54. The third kappa shape index (κ3) is 5.65. The molecule has 0 aromatic heterocycles. The lowest BCUT2D eigenvalue weighted by Crippen LogP contribution is -2.27. The van der Waals surface area contributed by atoms with Crippen molar-refractivity contribution in [2.45, 2.75) is 32.1 Å². The molecule has 0 saturated heterocycles. The van der Waals surface area contributed by atoms with Crippen molar-refractivity contribution in [1.82, 2.24) is 10.2 Å². The zero-order valence-corrected chi connectivity index (χ0v) is 12.4. The van der Waals surface area contributed by atoms with Crippen LogP contribution in [0.3, 0.4) is 0 Å². The Kier molecular flexibility index (Phi) is 6.37. The Bertz CT molecular complexity index is 317. The predicted molar refractivity (Wildman–Crippen MR) is 80.1 cm³/mol. The Balaban J connectivity index is 2.22. The van der Waals surface area contributed by atoms with Crippen LogP contribution in [0.15, 0.2) is 30.3 Å². The van der Waals surface area contributed by atoms with Gasteiger partial charge in [0, 0.05) is 0 Å². The number of nitrogens with one attached hydrogen (secondary N) is 1. The Morgan fingerprint density at radius 2 is 1.72 bits per heavy atom. The fraction of sp³-hybridized carbons (Fsp3) is 0.625. The molecule has 0 fully saturated rings. The molecule has 1 aromatic rings. The second-order valence-corrected chi connectivity index (χ2v) is 5.91. The van der Waals surface area contributed by atoms with Gasteiger partial charge in [0.15, 0.2) is 0 Å². The van der Waals surface area contributed by atoms with Crippen LogP contribution in [0.5, 0.6) is 0 Å². The summed E-state index contributed by atoms with van der Waals surface area (Å²) in [4.78, 5) is 2.23. The van der Waals surface area contributed by atoms with E-state index in [2.05, 4.69) is 68.5 Å². The minimum absolute atomic E-state index is 0.260. The van der Waals surface area contributed by atoms with E-state index in [1.165, 1.54) is 18.4 Å². The van der Waals surface area contributed by atoms with Gasteiger partial charge in [-0.05, 0) is 57.5 Å². The highest BCUT2D eigenvalue weighted by atomic mass is 15.0. The van der Waals surface area contributed by atoms with Gasteiger partial charge in [-0.15, -0.1) is 0 Å². The SMILES string of the molecule is CN(C)CCCNCCC(C)(C)c1ccccc1. The normalized spacial score (nSPS) is 12.1. The summed E-state index contributed by atoms with van der Waals surface area (Å²) < 4.78 is 0. The fourth-order valence-electron chi connectivity index (χ4n) is 2.08. The highest BCUT2D eigenvalue weighted by molar-refractivity contribution is 5.23. The molecule has 1 N–H and O–H groups in total. The first-order chi connectivity index (χ1) is 8.52. The van der Waals surface area contributed by atoms with E-state index < -0.39 is 0 Å². The summed E-state index contributed by atoms with van der Waals surface area (Å²) in [7, 11) is 4.25. The summed E-state index contributed by atoms with van der Waals surface area (Å²) in [6.07, 6.45) is 2.40. The van der Waals surface area contributed by atoms with Crippen LogP contribution >= 0.6 is 0 Å². The van der Waals surface area contributed by atoms with Crippen LogP contribution in [0.2, 0.25) is 0 Å². The molecule has 2 heteroatoms. The zero-order chi connectivity index (χ0) is 13.4. The van der Waals surface area contributed by atoms with E-state index in [1.54, 1.807) is 0 Å². The van der Waals surface area contributed by atoms with Gasteiger partial charge >= 0.3 is 0 Å². The average Bonchev–Trinajstić information content (AvgIpc) is 2.34. The summed E-state index contributed by atoms with van der Waals surface area (Å²) in [6, 6.07) is 10.8. The van der Waals surface area contributed by atoms with Crippen molar-refractivity contribution in [2.75, 3.05) is 33.7 Å². The maximum atomic E-state index is 3.54. The maximum Gasteiger partial charge on any atom is -0.00127 e. The molecule has 0 amide bonds. The molecule has 0 atom stereocenters. The summed E-state index contributed by atoms with van der Waals surface area (Å²) >= 11 is 0. The highest BCUT2D eigenvalue weighted by Gasteiger charge is 2.19. The molecule has 0 aliphatic heterocycles. The molecule has 0 heterocycles. The molecule has 0 spiro atoms. The average molecular weight is 248 g/mol. The molecule has 0 saturated carbocycles.